The van der Waals surface area contributed by atoms with Gasteiger partial charge in [0.15, 0.2) is 0 Å². The van der Waals surface area contributed by atoms with E-state index in [0.29, 0.717) is 12.0 Å². The molecule has 0 bridgehead atoms. The highest BCUT2D eigenvalue weighted by Crippen LogP contribution is 2.43. The summed E-state index contributed by atoms with van der Waals surface area (Å²) >= 11 is 0. The van der Waals surface area contributed by atoms with Gasteiger partial charge in [-0.3, -0.25) is 0 Å². The fourth-order valence-corrected chi connectivity index (χ4v) is 4.84. The van der Waals surface area contributed by atoms with Gasteiger partial charge in [0, 0.05) is 17.5 Å². The van der Waals surface area contributed by atoms with Gasteiger partial charge in [0.1, 0.15) is 0 Å². The minimum absolute atomic E-state index is 0.0628. The Hall–Kier alpha value is -0.0800. The lowest BCUT2D eigenvalue weighted by atomic mass is 9.64. The summed E-state index contributed by atoms with van der Waals surface area (Å²) in [5.41, 5.74) is 0.266. The SMILES string of the molecule is CCCCC[C@@H]1CCCC2(CCC[C@H](O)[C@H]2CCCC)N1. The highest BCUT2D eigenvalue weighted by Gasteiger charge is 2.46. The molecule has 124 valence electrons. The number of hydrogen-bond donors (Lipinski definition) is 2. The molecule has 1 aliphatic carbocycles. The second kappa shape index (κ2) is 8.53. The van der Waals surface area contributed by atoms with Crippen molar-refractivity contribution in [3.8, 4) is 0 Å². The molecule has 0 aromatic heterocycles. The van der Waals surface area contributed by atoms with Gasteiger partial charge in [-0.15, -0.1) is 0 Å². The molecule has 2 fully saturated rings. The third-order valence-electron chi connectivity index (χ3n) is 5.99. The molecule has 1 spiro atoms. The number of rotatable bonds is 7. The van der Waals surface area contributed by atoms with Crippen LogP contribution in [0.1, 0.15) is 97.3 Å². The highest BCUT2D eigenvalue weighted by molar-refractivity contribution is 5.04. The Balaban J connectivity index is 1.98. The number of piperidine rings is 1. The Morgan fingerprint density at radius 1 is 0.952 bits per heavy atom. The number of unbranched alkanes of at least 4 members (excludes halogenated alkanes) is 3. The molecule has 2 nitrogen and oxygen atoms in total. The van der Waals surface area contributed by atoms with Gasteiger partial charge in [0.05, 0.1) is 6.10 Å². The van der Waals surface area contributed by atoms with Crippen molar-refractivity contribution >= 4 is 0 Å². The summed E-state index contributed by atoms with van der Waals surface area (Å²) in [6.07, 6.45) is 16.6. The lowest BCUT2D eigenvalue weighted by Crippen LogP contribution is -2.62. The van der Waals surface area contributed by atoms with Crippen molar-refractivity contribution in [2.24, 2.45) is 5.92 Å². The van der Waals surface area contributed by atoms with Crippen LogP contribution in [0.3, 0.4) is 0 Å². The molecule has 4 atom stereocenters. The molecule has 0 aromatic carbocycles. The van der Waals surface area contributed by atoms with E-state index in [9.17, 15) is 5.11 Å². The second-order valence-corrected chi connectivity index (χ2v) is 7.59. The summed E-state index contributed by atoms with van der Waals surface area (Å²) < 4.78 is 0. The lowest BCUT2D eigenvalue weighted by molar-refractivity contribution is -0.0257. The Morgan fingerprint density at radius 2 is 1.67 bits per heavy atom. The van der Waals surface area contributed by atoms with Crippen LogP contribution in [-0.4, -0.2) is 22.8 Å². The molecule has 2 aliphatic rings. The molecule has 0 aromatic rings. The summed E-state index contributed by atoms with van der Waals surface area (Å²) in [6, 6.07) is 0.708. The molecule has 1 aliphatic heterocycles. The standard InChI is InChI=1S/C19H37NO/c1-3-5-7-10-16-11-8-14-19(20-16)15-9-13-18(21)17(19)12-6-4-2/h16-18,20-21H,3-15H2,1-2H3/t16-,17-,18+,19?/m1/s1. The van der Waals surface area contributed by atoms with Gasteiger partial charge in [-0.1, -0.05) is 52.4 Å². The number of nitrogens with one attached hydrogen (secondary N) is 1. The number of aliphatic hydroxyl groups is 1. The van der Waals surface area contributed by atoms with E-state index in [-0.39, 0.29) is 11.6 Å². The molecule has 1 unspecified atom stereocenters. The maximum absolute atomic E-state index is 10.6. The van der Waals surface area contributed by atoms with Crippen LogP contribution in [0.2, 0.25) is 0 Å². The van der Waals surface area contributed by atoms with Crippen molar-refractivity contribution in [3.05, 3.63) is 0 Å². The predicted molar refractivity (Wildman–Crippen MR) is 90.5 cm³/mol. The normalized spacial score (nSPS) is 37.0. The minimum atomic E-state index is -0.0628. The van der Waals surface area contributed by atoms with Crippen LogP contribution in [0.15, 0.2) is 0 Å². The molecule has 1 saturated carbocycles. The highest BCUT2D eigenvalue weighted by atomic mass is 16.3. The summed E-state index contributed by atoms with van der Waals surface area (Å²) in [4.78, 5) is 0. The second-order valence-electron chi connectivity index (χ2n) is 7.59. The van der Waals surface area contributed by atoms with E-state index < -0.39 is 0 Å². The molecule has 1 heterocycles. The van der Waals surface area contributed by atoms with E-state index in [2.05, 4.69) is 19.2 Å². The van der Waals surface area contributed by atoms with Crippen molar-refractivity contribution in [2.45, 2.75) is 115 Å². The van der Waals surface area contributed by atoms with Crippen LogP contribution < -0.4 is 5.32 Å². The quantitative estimate of drug-likeness (QED) is 0.661. The molecule has 2 heteroatoms. The summed E-state index contributed by atoms with van der Waals surface area (Å²) in [5, 5.41) is 14.6. The van der Waals surface area contributed by atoms with Gasteiger partial charge >= 0.3 is 0 Å². The van der Waals surface area contributed by atoms with Crippen molar-refractivity contribution < 1.29 is 5.11 Å². The van der Waals surface area contributed by atoms with Crippen molar-refractivity contribution in [1.82, 2.24) is 5.32 Å². The molecule has 2 rings (SSSR count). The molecule has 2 N–H and O–H groups in total. The van der Waals surface area contributed by atoms with E-state index in [1.807, 2.05) is 0 Å². The van der Waals surface area contributed by atoms with Crippen molar-refractivity contribution in [3.63, 3.8) is 0 Å². The Bertz CT molecular complexity index is 289. The van der Waals surface area contributed by atoms with Gasteiger partial charge < -0.3 is 10.4 Å². The third kappa shape index (κ3) is 4.45. The smallest absolute Gasteiger partial charge is 0.0586 e. The van der Waals surface area contributed by atoms with Crippen LogP contribution in [0, 0.1) is 5.92 Å². The average molecular weight is 296 g/mol. The van der Waals surface area contributed by atoms with Gasteiger partial charge in [-0.05, 0) is 44.9 Å². The largest absolute Gasteiger partial charge is 0.393 e. The monoisotopic (exact) mass is 295 g/mol. The first-order valence-electron chi connectivity index (χ1n) is 9.67. The fraction of sp³-hybridized carbons (Fsp3) is 1.00. The van der Waals surface area contributed by atoms with E-state index in [4.69, 9.17) is 0 Å². The van der Waals surface area contributed by atoms with E-state index >= 15 is 0 Å². The van der Waals surface area contributed by atoms with E-state index in [1.165, 1.54) is 77.0 Å². The zero-order chi connectivity index (χ0) is 15.1. The zero-order valence-corrected chi connectivity index (χ0v) is 14.4. The van der Waals surface area contributed by atoms with Crippen molar-refractivity contribution in [1.29, 1.82) is 0 Å². The zero-order valence-electron chi connectivity index (χ0n) is 14.4. The van der Waals surface area contributed by atoms with Gasteiger partial charge in [-0.2, -0.15) is 0 Å². The fourth-order valence-electron chi connectivity index (χ4n) is 4.84. The number of hydrogen-bond acceptors (Lipinski definition) is 2. The first kappa shape index (κ1) is 17.3. The van der Waals surface area contributed by atoms with E-state index in [0.717, 1.165) is 6.42 Å². The Morgan fingerprint density at radius 3 is 2.38 bits per heavy atom. The lowest BCUT2D eigenvalue weighted by Gasteiger charge is -2.52. The molecule has 1 saturated heterocycles. The van der Waals surface area contributed by atoms with Gasteiger partial charge in [0.2, 0.25) is 0 Å². The van der Waals surface area contributed by atoms with E-state index in [1.54, 1.807) is 0 Å². The summed E-state index contributed by atoms with van der Waals surface area (Å²) in [7, 11) is 0. The maximum Gasteiger partial charge on any atom is 0.0586 e. The topological polar surface area (TPSA) is 32.3 Å². The molecular weight excluding hydrogens is 258 g/mol. The molecular formula is C19H37NO. The van der Waals surface area contributed by atoms with Crippen LogP contribution in [0.25, 0.3) is 0 Å². The van der Waals surface area contributed by atoms with Crippen LogP contribution in [0.4, 0.5) is 0 Å². The van der Waals surface area contributed by atoms with Gasteiger partial charge in [-0.25, -0.2) is 0 Å². The third-order valence-corrected chi connectivity index (χ3v) is 5.99. The first-order valence-corrected chi connectivity index (χ1v) is 9.67. The summed E-state index contributed by atoms with van der Waals surface area (Å²) in [6.45, 7) is 4.55. The predicted octanol–water partition coefficient (Wildman–Crippen LogP) is 4.80. The minimum Gasteiger partial charge on any atom is -0.393 e. The van der Waals surface area contributed by atoms with Crippen molar-refractivity contribution in [2.75, 3.05) is 0 Å². The maximum atomic E-state index is 10.6. The molecule has 0 amide bonds. The number of aliphatic hydroxyl groups excluding tert-OH is 1. The van der Waals surface area contributed by atoms with Crippen LogP contribution >= 0.6 is 0 Å². The van der Waals surface area contributed by atoms with Gasteiger partial charge in [0.25, 0.3) is 0 Å². The molecule has 0 radical (unpaired) electrons. The average Bonchev–Trinajstić information content (AvgIpc) is 2.47. The Kier molecular flexibility index (Phi) is 7.01. The molecule has 21 heavy (non-hydrogen) atoms. The van der Waals surface area contributed by atoms with Crippen LogP contribution in [0.5, 0.6) is 0 Å². The Labute approximate surface area is 132 Å². The van der Waals surface area contributed by atoms with Crippen LogP contribution in [-0.2, 0) is 0 Å². The summed E-state index contributed by atoms with van der Waals surface area (Å²) in [5.74, 6) is 0.500. The first-order chi connectivity index (χ1) is 10.2.